The number of anilines is 1. The number of rotatable bonds is 2. The summed E-state index contributed by atoms with van der Waals surface area (Å²) in [6, 6.07) is 6.92. The summed E-state index contributed by atoms with van der Waals surface area (Å²) in [6.07, 6.45) is 1.30. The molecular weight excluding hydrogens is 223 g/mol. The van der Waals surface area contributed by atoms with Gasteiger partial charge in [0.1, 0.15) is 11.9 Å². The number of H-pyrrole nitrogens is 1. The van der Waals surface area contributed by atoms with Gasteiger partial charge in [0.2, 0.25) is 0 Å². The molecule has 0 aliphatic carbocycles. The van der Waals surface area contributed by atoms with Crippen LogP contribution in [0.2, 0.25) is 0 Å². The number of carbonyl (C=O) groups excluding carboxylic acids is 1. The van der Waals surface area contributed by atoms with Crippen LogP contribution in [0.25, 0.3) is 0 Å². The Labute approximate surface area is 95.9 Å². The first-order valence-corrected chi connectivity index (χ1v) is 4.71. The molecule has 1 aromatic heterocycles. The molecule has 0 fully saturated rings. The summed E-state index contributed by atoms with van der Waals surface area (Å²) in [6.45, 7) is 0. The van der Waals surface area contributed by atoms with Crippen molar-refractivity contribution in [3.05, 3.63) is 47.7 Å². The summed E-state index contributed by atoms with van der Waals surface area (Å²) in [5, 5.41) is 11.2. The Hall–Kier alpha value is -2.68. The number of imidazole rings is 1. The molecule has 0 bridgehead atoms. The first-order valence-electron chi connectivity index (χ1n) is 4.71. The molecule has 1 heterocycles. The van der Waals surface area contributed by atoms with E-state index in [1.165, 1.54) is 30.6 Å². The number of hydrogen-bond donors (Lipinski definition) is 2. The van der Waals surface area contributed by atoms with E-state index in [4.69, 9.17) is 5.26 Å². The predicted octanol–water partition coefficient (Wildman–Crippen LogP) is 1.67. The zero-order valence-corrected chi connectivity index (χ0v) is 8.57. The molecule has 84 valence electrons. The first-order chi connectivity index (χ1) is 8.20. The van der Waals surface area contributed by atoms with Crippen molar-refractivity contribution in [3.63, 3.8) is 0 Å². The summed E-state index contributed by atoms with van der Waals surface area (Å²) in [5.74, 6) is -0.713. The molecule has 5 nitrogen and oxygen atoms in total. The second-order valence-corrected chi connectivity index (χ2v) is 3.20. The molecule has 1 aromatic carbocycles. The van der Waals surface area contributed by atoms with Crippen LogP contribution in [-0.2, 0) is 0 Å². The van der Waals surface area contributed by atoms with Gasteiger partial charge in [-0.3, -0.25) is 4.79 Å². The topological polar surface area (TPSA) is 81.6 Å². The van der Waals surface area contributed by atoms with E-state index in [9.17, 15) is 9.18 Å². The number of nitrogens with zero attached hydrogens (tertiary/aromatic N) is 2. The molecule has 0 atom stereocenters. The third-order valence-corrected chi connectivity index (χ3v) is 2.09. The fourth-order valence-electron chi connectivity index (χ4n) is 1.26. The molecule has 2 aromatic rings. The van der Waals surface area contributed by atoms with Crippen LogP contribution in [0.4, 0.5) is 10.2 Å². The van der Waals surface area contributed by atoms with Crippen LogP contribution in [0.3, 0.4) is 0 Å². The van der Waals surface area contributed by atoms with Crippen molar-refractivity contribution in [1.82, 2.24) is 9.97 Å². The third kappa shape index (κ3) is 2.29. The van der Waals surface area contributed by atoms with E-state index in [-0.39, 0.29) is 11.5 Å². The van der Waals surface area contributed by atoms with Gasteiger partial charge in [-0.1, -0.05) is 0 Å². The molecule has 17 heavy (non-hydrogen) atoms. The number of aromatic amines is 1. The lowest BCUT2D eigenvalue weighted by molar-refractivity contribution is 0.102. The average Bonchev–Trinajstić information content (AvgIpc) is 2.77. The Balaban J connectivity index is 2.18. The zero-order valence-electron chi connectivity index (χ0n) is 8.57. The quantitative estimate of drug-likeness (QED) is 0.823. The van der Waals surface area contributed by atoms with Gasteiger partial charge in [0, 0.05) is 5.56 Å². The van der Waals surface area contributed by atoms with E-state index in [1.807, 2.05) is 6.07 Å². The fraction of sp³-hybridized carbons (Fsp3) is 0. The van der Waals surface area contributed by atoms with E-state index in [0.29, 0.717) is 5.56 Å². The predicted molar refractivity (Wildman–Crippen MR) is 57.7 cm³/mol. The van der Waals surface area contributed by atoms with E-state index in [2.05, 4.69) is 15.3 Å². The number of carbonyl (C=O) groups is 1. The molecule has 1 amide bonds. The maximum absolute atomic E-state index is 12.7. The number of hydrogen-bond acceptors (Lipinski definition) is 3. The Kier molecular flexibility index (Phi) is 2.83. The van der Waals surface area contributed by atoms with Gasteiger partial charge in [-0.15, -0.1) is 0 Å². The van der Waals surface area contributed by atoms with Crippen molar-refractivity contribution in [2.75, 3.05) is 5.32 Å². The van der Waals surface area contributed by atoms with Gasteiger partial charge in [0.25, 0.3) is 5.91 Å². The molecule has 2 N–H and O–H groups in total. The SMILES string of the molecule is N#Cc1[nH]cnc1NC(=O)c1ccc(F)cc1. The molecule has 0 radical (unpaired) electrons. The minimum absolute atomic E-state index is 0.154. The van der Waals surface area contributed by atoms with Crippen LogP contribution < -0.4 is 5.32 Å². The maximum atomic E-state index is 12.7. The van der Waals surface area contributed by atoms with Crippen LogP contribution in [0.15, 0.2) is 30.6 Å². The molecule has 0 unspecified atom stereocenters. The number of aromatic nitrogens is 2. The molecule has 0 aliphatic heterocycles. The van der Waals surface area contributed by atoms with Gasteiger partial charge >= 0.3 is 0 Å². The van der Waals surface area contributed by atoms with Crippen molar-refractivity contribution in [3.8, 4) is 6.07 Å². The average molecular weight is 230 g/mol. The van der Waals surface area contributed by atoms with Gasteiger partial charge in [-0.25, -0.2) is 9.37 Å². The lowest BCUT2D eigenvalue weighted by Gasteiger charge is -2.02. The fourth-order valence-corrected chi connectivity index (χ4v) is 1.26. The normalized spacial score (nSPS) is 9.65. The largest absolute Gasteiger partial charge is 0.335 e. The molecule has 6 heteroatoms. The van der Waals surface area contributed by atoms with Gasteiger partial charge in [0.15, 0.2) is 11.5 Å². The second-order valence-electron chi connectivity index (χ2n) is 3.20. The highest BCUT2D eigenvalue weighted by Crippen LogP contribution is 2.10. The van der Waals surface area contributed by atoms with Crippen molar-refractivity contribution < 1.29 is 9.18 Å². The molecule has 0 spiro atoms. The lowest BCUT2D eigenvalue weighted by Crippen LogP contribution is -2.12. The van der Waals surface area contributed by atoms with Gasteiger partial charge in [-0.05, 0) is 24.3 Å². The van der Waals surface area contributed by atoms with Crippen LogP contribution in [0.5, 0.6) is 0 Å². The second kappa shape index (κ2) is 4.45. The summed E-state index contributed by atoms with van der Waals surface area (Å²) < 4.78 is 12.7. The maximum Gasteiger partial charge on any atom is 0.256 e. The Bertz CT molecular complexity index is 582. The number of nitrogens with one attached hydrogen (secondary N) is 2. The summed E-state index contributed by atoms with van der Waals surface area (Å²) in [7, 11) is 0. The lowest BCUT2D eigenvalue weighted by atomic mass is 10.2. The number of nitriles is 1. The Morgan fingerprint density at radius 2 is 2.12 bits per heavy atom. The summed E-state index contributed by atoms with van der Waals surface area (Å²) >= 11 is 0. The van der Waals surface area contributed by atoms with Gasteiger partial charge < -0.3 is 10.3 Å². The Morgan fingerprint density at radius 1 is 1.41 bits per heavy atom. The smallest absolute Gasteiger partial charge is 0.256 e. The number of benzene rings is 1. The minimum atomic E-state index is -0.450. The molecular formula is C11H7FN4O. The van der Waals surface area contributed by atoms with E-state index < -0.39 is 11.7 Å². The summed E-state index contributed by atoms with van der Waals surface area (Å²) in [4.78, 5) is 18.1. The number of amides is 1. The van der Waals surface area contributed by atoms with Gasteiger partial charge in [0.05, 0.1) is 6.33 Å². The van der Waals surface area contributed by atoms with Crippen LogP contribution in [0, 0.1) is 17.1 Å². The van der Waals surface area contributed by atoms with Crippen LogP contribution in [-0.4, -0.2) is 15.9 Å². The van der Waals surface area contributed by atoms with E-state index in [0.717, 1.165) is 0 Å². The highest BCUT2D eigenvalue weighted by molar-refractivity contribution is 6.04. The molecule has 2 rings (SSSR count). The third-order valence-electron chi connectivity index (χ3n) is 2.09. The summed E-state index contributed by atoms with van der Waals surface area (Å²) in [5.41, 5.74) is 0.457. The van der Waals surface area contributed by atoms with Crippen molar-refractivity contribution >= 4 is 11.7 Å². The Morgan fingerprint density at radius 3 is 2.76 bits per heavy atom. The van der Waals surface area contributed by atoms with Crippen LogP contribution >= 0.6 is 0 Å². The molecule has 0 saturated carbocycles. The van der Waals surface area contributed by atoms with Crippen LogP contribution in [0.1, 0.15) is 16.1 Å². The monoisotopic (exact) mass is 230 g/mol. The van der Waals surface area contributed by atoms with Crippen molar-refractivity contribution in [2.24, 2.45) is 0 Å². The highest BCUT2D eigenvalue weighted by Gasteiger charge is 2.10. The zero-order chi connectivity index (χ0) is 12.3. The first kappa shape index (κ1) is 10.8. The van der Waals surface area contributed by atoms with Crippen molar-refractivity contribution in [1.29, 1.82) is 5.26 Å². The molecule has 0 aliphatic rings. The minimum Gasteiger partial charge on any atom is -0.335 e. The number of halogens is 1. The highest BCUT2D eigenvalue weighted by atomic mass is 19.1. The van der Waals surface area contributed by atoms with E-state index >= 15 is 0 Å². The van der Waals surface area contributed by atoms with Gasteiger partial charge in [-0.2, -0.15) is 5.26 Å². The molecule has 0 saturated heterocycles. The van der Waals surface area contributed by atoms with E-state index in [1.54, 1.807) is 0 Å². The van der Waals surface area contributed by atoms with Crippen molar-refractivity contribution in [2.45, 2.75) is 0 Å². The standard InChI is InChI=1S/C11H7FN4O/c12-8-3-1-7(2-4-8)11(17)16-10-9(5-13)14-6-15-10/h1-4,6H,(H,14,15)(H,16,17).